The maximum absolute atomic E-state index is 13.3. The molecule has 0 saturated heterocycles. The Labute approximate surface area is 664 Å². The number of phosphoric ester groups is 2. The maximum Gasteiger partial charge on any atom is 0.472 e. The first-order valence-electron chi connectivity index (χ1n) is 44.4. The van der Waals surface area contributed by atoms with Crippen LogP contribution in [0.3, 0.4) is 0 Å². The number of aliphatic hydroxyl groups excluding tert-OH is 2. The molecule has 0 saturated carbocycles. The monoisotopic (exact) mass is 1590 g/mol. The molecule has 0 aromatic carbocycles. The molecule has 0 aromatic rings. The van der Waals surface area contributed by atoms with Crippen molar-refractivity contribution in [2.75, 3.05) is 65.9 Å². The third-order valence-electron chi connectivity index (χ3n) is 19.5. The average Bonchev–Trinajstić information content (AvgIpc) is 0.933. The van der Waals surface area contributed by atoms with Gasteiger partial charge in [0.1, 0.15) is 18.8 Å². The summed E-state index contributed by atoms with van der Waals surface area (Å²) >= 11 is 0. The predicted octanol–water partition coefficient (Wildman–Crippen LogP) is 20.6. The van der Waals surface area contributed by atoms with Gasteiger partial charge in [-0.1, -0.05) is 291 Å². The van der Waals surface area contributed by atoms with Crippen LogP contribution in [-0.2, 0) is 65.4 Å². The third kappa shape index (κ3) is 76.4. The second-order valence-electron chi connectivity index (χ2n) is 30.2. The number of ether oxygens (including phenoxy) is 4. The standard InChI is InChI=1S/C85H166N4O18P2/c1-7-13-19-25-29-33-35-39-41-47-53-59-80(90)88-76(72-100-67-63-78(57-51-45-23-17-11-5)106-84(94)61-55-49-43-37-31-27-21-15-9-3)74-104-108(96,97)102-69-65-86-82(92)71-83(93)87-66-70-103-109(98,99)105-75-77(89-81(91)60-54-48-42-40-36-34-30-26-20-14-8-2)73-101-68-64-79(58-52-46-24-18-12-6)107-85(95)62-56-50-44-38-32-28-22-16-10-4/h37-38,43-44,76-80,85,88,90,95H,7-36,39-42,45-75H2,1-6H3,(H,86,92)(H,87,93)(H,89,91)(H,96,97)(H,98,99). The lowest BCUT2D eigenvalue weighted by Crippen LogP contribution is -2.44. The Balaban J connectivity index is 5.54. The van der Waals surface area contributed by atoms with Gasteiger partial charge in [0.25, 0.3) is 0 Å². The average molecular weight is 1590 g/mol. The normalized spacial score (nSPS) is 14.7. The summed E-state index contributed by atoms with van der Waals surface area (Å²) in [5.74, 6) is -1.91. The zero-order valence-corrected chi connectivity index (χ0v) is 71.9. The first-order valence-corrected chi connectivity index (χ1v) is 47.4. The van der Waals surface area contributed by atoms with E-state index in [-0.39, 0.29) is 76.6 Å². The molecule has 22 nitrogen and oxygen atoms in total. The van der Waals surface area contributed by atoms with Gasteiger partial charge in [-0.25, -0.2) is 9.13 Å². The molecule has 0 heterocycles. The van der Waals surface area contributed by atoms with Gasteiger partial charge in [-0.05, 0) is 103 Å². The Morgan fingerprint density at radius 1 is 0.358 bits per heavy atom. The lowest BCUT2D eigenvalue weighted by molar-refractivity contribution is -0.150. The number of hydrogen-bond donors (Lipinski definition) is 8. The Morgan fingerprint density at radius 2 is 0.725 bits per heavy atom. The number of unbranched alkanes of at least 4 members (excludes halogenated alkanes) is 38. The van der Waals surface area contributed by atoms with Gasteiger partial charge in [0, 0.05) is 39.0 Å². The minimum absolute atomic E-state index is 0.00913. The molecule has 0 aliphatic carbocycles. The van der Waals surface area contributed by atoms with Crippen molar-refractivity contribution in [2.24, 2.45) is 0 Å². The number of nitrogens with one attached hydrogen (secondary N) is 4. The first kappa shape index (κ1) is 106. The zero-order chi connectivity index (χ0) is 80.0. The summed E-state index contributed by atoms with van der Waals surface area (Å²) in [4.78, 5) is 73.2. The van der Waals surface area contributed by atoms with E-state index in [2.05, 4.69) is 87.1 Å². The fraction of sp³-hybridized carbons (Fsp3) is 0.906. The van der Waals surface area contributed by atoms with Crippen LogP contribution in [0.15, 0.2) is 24.3 Å². The molecule has 644 valence electrons. The second-order valence-corrected chi connectivity index (χ2v) is 33.2. The smallest absolute Gasteiger partial charge is 0.462 e. The Kier molecular flexibility index (Phi) is 77.3. The molecule has 0 aromatic heterocycles. The van der Waals surface area contributed by atoms with Gasteiger partial charge < -0.3 is 54.9 Å². The van der Waals surface area contributed by atoms with Gasteiger partial charge >= 0.3 is 21.6 Å². The van der Waals surface area contributed by atoms with Gasteiger partial charge in [0.2, 0.25) is 17.7 Å². The summed E-state index contributed by atoms with van der Waals surface area (Å²) in [6.07, 6.45) is 61.1. The Morgan fingerprint density at radius 3 is 1.18 bits per heavy atom. The highest BCUT2D eigenvalue weighted by atomic mass is 31.2. The molecule has 8 unspecified atom stereocenters. The number of rotatable bonds is 86. The van der Waals surface area contributed by atoms with Gasteiger partial charge in [-0.2, -0.15) is 0 Å². The van der Waals surface area contributed by atoms with Crippen LogP contribution in [0.1, 0.15) is 395 Å². The van der Waals surface area contributed by atoms with Crippen molar-refractivity contribution in [1.82, 2.24) is 21.3 Å². The fourth-order valence-corrected chi connectivity index (χ4v) is 14.4. The molecule has 0 spiro atoms. The van der Waals surface area contributed by atoms with Crippen LogP contribution in [0.2, 0.25) is 0 Å². The first-order chi connectivity index (χ1) is 52.9. The molecule has 0 aliphatic rings. The van der Waals surface area contributed by atoms with E-state index in [9.17, 15) is 48.3 Å². The third-order valence-corrected chi connectivity index (χ3v) is 21.5. The predicted molar refractivity (Wildman–Crippen MR) is 443 cm³/mol. The van der Waals surface area contributed by atoms with E-state index >= 15 is 0 Å². The molecule has 0 fully saturated rings. The van der Waals surface area contributed by atoms with Crippen molar-refractivity contribution in [1.29, 1.82) is 0 Å². The summed E-state index contributed by atoms with van der Waals surface area (Å²) in [5, 5.41) is 33.0. The van der Waals surface area contributed by atoms with E-state index in [1.807, 2.05) is 0 Å². The second kappa shape index (κ2) is 79.2. The largest absolute Gasteiger partial charge is 0.472 e. The van der Waals surface area contributed by atoms with E-state index in [0.29, 0.717) is 44.9 Å². The highest BCUT2D eigenvalue weighted by molar-refractivity contribution is 7.47. The summed E-state index contributed by atoms with van der Waals surface area (Å²) in [6, 6.07) is -1.53. The number of carbonyl (C=O) groups is 4. The van der Waals surface area contributed by atoms with Crippen LogP contribution in [0.25, 0.3) is 0 Å². The highest BCUT2D eigenvalue weighted by Crippen LogP contribution is 2.44. The topological polar surface area (TPSA) is 305 Å². The van der Waals surface area contributed by atoms with Crippen molar-refractivity contribution in [3.63, 3.8) is 0 Å². The summed E-state index contributed by atoms with van der Waals surface area (Å²) in [7, 11) is -9.43. The molecule has 8 N–H and O–H groups in total. The van der Waals surface area contributed by atoms with Gasteiger partial charge in [-0.15, -0.1) is 0 Å². The molecule has 3 amide bonds. The van der Waals surface area contributed by atoms with Crippen LogP contribution >= 0.6 is 15.6 Å². The van der Waals surface area contributed by atoms with Crippen LogP contribution in [0.4, 0.5) is 0 Å². The number of phosphoric acid groups is 2. The van der Waals surface area contributed by atoms with E-state index in [1.54, 1.807) is 0 Å². The number of amides is 3. The number of esters is 1. The molecular weight excluding hydrogens is 1430 g/mol. The van der Waals surface area contributed by atoms with E-state index in [4.69, 9.17) is 37.0 Å². The number of allylic oxidation sites excluding steroid dienone is 4. The SMILES string of the molecule is CCCCCCC=CCCCC(=O)OC(CCCCCCC)CCOCC(COP(=O)(O)OCCNC(=O)CC(=O)NCCOP(=O)(O)OCC(COCCC(CCCCCCC)OC(O)CCCC=CCCCCCC)NC(=O)CCCCCCCCCCCCC)NC(O)CCCCCCCCCCCCC. The fourth-order valence-electron chi connectivity index (χ4n) is 12.8. The van der Waals surface area contributed by atoms with Crippen molar-refractivity contribution >= 4 is 39.3 Å². The zero-order valence-electron chi connectivity index (χ0n) is 70.1. The van der Waals surface area contributed by atoms with E-state index in [0.717, 1.165) is 154 Å². The summed E-state index contributed by atoms with van der Waals surface area (Å²) < 4.78 is 71.8. The molecule has 24 heteroatoms. The number of hydrogen-bond acceptors (Lipinski definition) is 17. The minimum Gasteiger partial charge on any atom is -0.462 e. The molecule has 0 radical (unpaired) electrons. The lowest BCUT2D eigenvalue weighted by Gasteiger charge is -2.24. The van der Waals surface area contributed by atoms with Crippen LogP contribution in [0.5, 0.6) is 0 Å². The Hall–Kier alpha value is -2.66. The quantitative estimate of drug-likeness (QED) is 0.00701. The molecule has 0 aliphatic heterocycles. The van der Waals surface area contributed by atoms with E-state index < -0.39 is 78.3 Å². The summed E-state index contributed by atoms with van der Waals surface area (Å²) in [5.41, 5.74) is 0. The minimum atomic E-state index is -4.72. The van der Waals surface area contributed by atoms with Crippen LogP contribution in [-0.4, -0.2) is 146 Å². The molecule has 8 atom stereocenters. The van der Waals surface area contributed by atoms with E-state index in [1.165, 1.54) is 141 Å². The molecule has 0 bridgehead atoms. The Bertz CT molecular complexity index is 2220. The van der Waals surface area contributed by atoms with Crippen molar-refractivity contribution < 1.29 is 85.4 Å². The number of carbonyl (C=O) groups excluding carboxylic acids is 4. The van der Waals surface area contributed by atoms with Gasteiger partial charge in [0.15, 0.2) is 6.29 Å². The van der Waals surface area contributed by atoms with Gasteiger partial charge in [0.05, 0.1) is 64.4 Å². The lowest BCUT2D eigenvalue weighted by atomic mass is 10.0. The van der Waals surface area contributed by atoms with Crippen molar-refractivity contribution in [3.05, 3.63) is 24.3 Å². The van der Waals surface area contributed by atoms with Crippen molar-refractivity contribution in [3.8, 4) is 0 Å². The van der Waals surface area contributed by atoms with Gasteiger partial charge in [-0.3, -0.25) is 42.6 Å². The molecule has 109 heavy (non-hydrogen) atoms. The van der Waals surface area contributed by atoms with Crippen LogP contribution in [0, 0.1) is 0 Å². The maximum atomic E-state index is 13.3. The summed E-state index contributed by atoms with van der Waals surface area (Å²) in [6.45, 7) is 11.5. The molecular formula is C85H166N4O18P2. The van der Waals surface area contributed by atoms with Crippen molar-refractivity contribution in [2.45, 2.75) is 431 Å². The number of aliphatic hydroxyl groups is 2. The van der Waals surface area contributed by atoms with Crippen LogP contribution < -0.4 is 21.3 Å². The molecule has 0 rings (SSSR count). The highest BCUT2D eigenvalue weighted by Gasteiger charge is 2.27.